The number of unbranched alkanes of at least 4 members (excludes halogenated alkanes) is 1. The summed E-state index contributed by atoms with van der Waals surface area (Å²) in [7, 11) is 0. The quantitative estimate of drug-likeness (QED) is 0.538. The lowest BCUT2D eigenvalue weighted by Crippen LogP contribution is -2.26. The molecule has 0 aromatic heterocycles. The lowest BCUT2D eigenvalue weighted by Gasteiger charge is -2.27. The fourth-order valence-electron chi connectivity index (χ4n) is 2.34. The molecule has 0 bridgehead atoms. The van der Waals surface area contributed by atoms with Crippen LogP contribution in [0.25, 0.3) is 0 Å². The van der Waals surface area contributed by atoms with Crippen LogP contribution >= 0.6 is 0 Å². The topological polar surface area (TPSA) is 47.3 Å². The van der Waals surface area contributed by atoms with Crippen molar-refractivity contribution in [2.45, 2.75) is 53.4 Å². The van der Waals surface area contributed by atoms with Gasteiger partial charge in [0, 0.05) is 18.4 Å². The van der Waals surface area contributed by atoms with Gasteiger partial charge in [-0.1, -0.05) is 26.7 Å². The van der Waals surface area contributed by atoms with Gasteiger partial charge < -0.3 is 4.74 Å². The fraction of sp³-hybridized carbons (Fsp3) is 0.733. The van der Waals surface area contributed by atoms with E-state index in [2.05, 4.69) is 39.2 Å². The predicted molar refractivity (Wildman–Crippen MR) is 76.5 cm³/mol. The van der Waals surface area contributed by atoms with Gasteiger partial charge in [0.25, 0.3) is 0 Å². The molecule has 1 rings (SSSR count). The molecular formula is C15H28N2O. The van der Waals surface area contributed by atoms with E-state index < -0.39 is 0 Å². The van der Waals surface area contributed by atoms with Crippen molar-refractivity contribution in [1.82, 2.24) is 5.43 Å². The average Bonchev–Trinajstić information content (AvgIpc) is 2.35. The molecule has 104 valence electrons. The van der Waals surface area contributed by atoms with Crippen LogP contribution in [0.2, 0.25) is 0 Å². The highest BCUT2D eigenvalue weighted by molar-refractivity contribution is 5.22. The van der Waals surface area contributed by atoms with Crippen LogP contribution in [-0.2, 0) is 4.74 Å². The van der Waals surface area contributed by atoms with Crippen molar-refractivity contribution < 1.29 is 4.74 Å². The van der Waals surface area contributed by atoms with Gasteiger partial charge in [0.2, 0.25) is 0 Å². The summed E-state index contributed by atoms with van der Waals surface area (Å²) in [6.45, 7) is 9.52. The van der Waals surface area contributed by atoms with Crippen LogP contribution in [0.3, 0.4) is 0 Å². The van der Waals surface area contributed by atoms with Gasteiger partial charge in [-0.05, 0) is 38.3 Å². The molecule has 0 aromatic rings. The van der Waals surface area contributed by atoms with Crippen LogP contribution in [0.5, 0.6) is 0 Å². The molecule has 0 aliphatic carbocycles. The molecule has 2 atom stereocenters. The zero-order valence-electron chi connectivity index (χ0n) is 12.3. The normalized spacial score (nSPS) is 21.6. The standard InChI is InChI=1S/C15H28N2O/c1-5-6-7-14(8-9-17-16)15-10-11(2)12(3)13(4)18-15/h10-11,14,17H,5-9,16H2,1-4H3. The molecule has 0 radical (unpaired) electrons. The van der Waals surface area contributed by atoms with Gasteiger partial charge in [0.05, 0.1) is 5.76 Å². The van der Waals surface area contributed by atoms with E-state index >= 15 is 0 Å². The van der Waals surface area contributed by atoms with Crippen molar-refractivity contribution in [2.24, 2.45) is 17.7 Å². The molecule has 0 amide bonds. The Balaban J connectivity index is 2.70. The van der Waals surface area contributed by atoms with E-state index in [1.165, 1.54) is 24.8 Å². The van der Waals surface area contributed by atoms with E-state index in [1.54, 1.807) is 0 Å². The molecule has 3 N–H and O–H groups in total. The molecule has 1 aliphatic heterocycles. The number of hydrazine groups is 1. The third-order valence-electron chi connectivity index (χ3n) is 3.87. The van der Waals surface area contributed by atoms with Gasteiger partial charge in [0.15, 0.2) is 0 Å². The molecule has 3 heteroatoms. The Morgan fingerprint density at radius 1 is 1.39 bits per heavy atom. The van der Waals surface area contributed by atoms with Crippen molar-refractivity contribution in [3.05, 3.63) is 23.2 Å². The molecule has 0 aromatic carbocycles. The number of rotatable bonds is 7. The van der Waals surface area contributed by atoms with Gasteiger partial charge in [-0.25, -0.2) is 0 Å². The minimum atomic E-state index is 0.490. The molecule has 1 aliphatic rings. The van der Waals surface area contributed by atoms with E-state index in [0.29, 0.717) is 11.8 Å². The Morgan fingerprint density at radius 2 is 2.11 bits per heavy atom. The van der Waals surface area contributed by atoms with Crippen molar-refractivity contribution in [3.8, 4) is 0 Å². The van der Waals surface area contributed by atoms with Gasteiger partial charge >= 0.3 is 0 Å². The van der Waals surface area contributed by atoms with Crippen LogP contribution < -0.4 is 11.3 Å². The predicted octanol–water partition coefficient (Wildman–Crippen LogP) is 3.49. The van der Waals surface area contributed by atoms with Gasteiger partial charge in [-0.3, -0.25) is 11.3 Å². The van der Waals surface area contributed by atoms with E-state index in [9.17, 15) is 0 Å². The van der Waals surface area contributed by atoms with Crippen molar-refractivity contribution in [2.75, 3.05) is 6.54 Å². The average molecular weight is 252 g/mol. The zero-order valence-corrected chi connectivity index (χ0v) is 12.3. The van der Waals surface area contributed by atoms with Crippen LogP contribution in [0, 0.1) is 11.8 Å². The summed E-state index contributed by atoms with van der Waals surface area (Å²) in [5.74, 6) is 8.59. The van der Waals surface area contributed by atoms with Crippen LogP contribution in [0.1, 0.15) is 53.4 Å². The summed E-state index contributed by atoms with van der Waals surface area (Å²) in [6, 6.07) is 0. The summed E-state index contributed by atoms with van der Waals surface area (Å²) in [5, 5.41) is 0. The maximum Gasteiger partial charge on any atom is 0.103 e. The fourth-order valence-corrected chi connectivity index (χ4v) is 2.34. The van der Waals surface area contributed by atoms with E-state index in [1.807, 2.05) is 0 Å². The number of hydrogen-bond acceptors (Lipinski definition) is 3. The largest absolute Gasteiger partial charge is 0.466 e. The Morgan fingerprint density at radius 3 is 2.67 bits per heavy atom. The summed E-state index contributed by atoms with van der Waals surface area (Å²) in [6.07, 6.45) is 6.97. The smallest absolute Gasteiger partial charge is 0.103 e. The van der Waals surface area contributed by atoms with Crippen molar-refractivity contribution in [3.63, 3.8) is 0 Å². The molecular weight excluding hydrogens is 224 g/mol. The Bertz CT molecular complexity index is 312. The van der Waals surface area contributed by atoms with Crippen LogP contribution in [0.4, 0.5) is 0 Å². The zero-order chi connectivity index (χ0) is 13.5. The third-order valence-corrected chi connectivity index (χ3v) is 3.87. The minimum Gasteiger partial charge on any atom is -0.466 e. The molecule has 1 heterocycles. The molecule has 3 nitrogen and oxygen atoms in total. The van der Waals surface area contributed by atoms with E-state index in [4.69, 9.17) is 10.6 Å². The Labute approximate surface area is 111 Å². The SMILES string of the molecule is CCCCC(CCNN)C1=CC(C)C(C)=C(C)O1. The van der Waals surface area contributed by atoms with Crippen molar-refractivity contribution in [1.29, 1.82) is 0 Å². The lowest BCUT2D eigenvalue weighted by molar-refractivity contribution is 0.222. The highest BCUT2D eigenvalue weighted by Gasteiger charge is 2.22. The highest BCUT2D eigenvalue weighted by atomic mass is 16.5. The van der Waals surface area contributed by atoms with Gasteiger partial charge in [-0.2, -0.15) is 0 Å². The summed E-state index contributed by atoms with van der Waals surface area (Å²) >= 11 is 0. The summed E-state index contributed by atoms with van der Waals surface area (Å²) in [4.78, 5) is 0. The maximum atomic E-state index is 6.00. The molecule has 0 spiro atoms. The molecule has 2 unspecified atom stereocenters. The van der Waals surface area contributed by atoms with Gasteiger partial charge in [0.1, 0.15) is 5.76 Å². The summed E-state index contributed by atoms with van der Waals surface area (Å²) in [5.41, 5.74) is 4.09. The second-order valence-electron chi connectivity index (χ2n) is 5.28. The number of ether oxygens (including phenoxy) is 1. The number of nitrogens with one attached hydrogen (secondary N) is 1. The van der Waals surface area contributed by atoms with Crippen LogP contribution in [-0.4, -0.2) is 6.54 Å². The van der Waals surface area contributed by atoms with Crippen molar-refractivity contribution >= 4 is 0 Å². The second kappa shape index (κ2) is 7.59. The molecule has 18 heavy (non-hydrogen) atoms. The molecule has 0 fully saturated rings. The lowest BCUT2D eigenvalue weighted by atomic mass is 9.90. The van der Waals surface area contributed by atoms with E-state index in [-0.39, 0.29) is 0 Å². The first kappa shape index (κ1) is 15.3. The Hall–Kier alpha value is -0.800. The van der Waals surface area contributed by atoms with Gasteiger partial charge in [-0.15, -0.1) is 0 Å². The van der Waals surface area contributed by atoms with Crippen LogP contribution in [0.15, 0.2) is 23.2 Å². The maximum absolute atomic E-state index is 6.00. The highest BCUT2D eigenvalue weighted by Crippen LogP contribution is 2.33. The first-order valence-corrected chi connectivity index (χ1v) is 7.10. The monoisotopic (exact) mass is 252 g/mol. The minimum absolute atomic E-state index is 0.490. The number of nitrogens with two attached hydrogens (primary N) is 1. The number of hydrogen-bond donors (Lipinski definition) is 2. The summed E-state index contributed by atoms with van der Waals surface area (Å²) < 4.78 is 6.00. The van der Waals surface area contributed by atoms with E-state index in [0.717, 1.165) is 24.5 Å². The molecule has 0 saturated carbocycles. The second-order valence-corrected chi connectivity index (χ2v) is 5.28. The number of allylic oxidation sites excluding steroid dienone is 4. The third kappa shape index (κ3) is 4.14. The molecule has 0 saturated heterocycles. The first-order chi connectivity index (χ1) is 8.60. The first-order valence-electron chi connectivity index (χ1n) is 7.10. The Kier molecular flexibility index (Phi) is 6.44.